The van der Waals surface area contributed by atoms with Crippen molar-refractivity contribution in [1.82, 2.24) is 10.4 Å². The van der Waals surface area contributed by atoms with E-state index in [1.807, 2.05) is 36.4 Å². The first kappa shape index (κ1) is 21.9. The molecule has 0 saturated carbocycles. The maximum Gasteiger partial charge on any atom is 0.342 e. The number of carbonyl (C=O) groups excluding carboxylic acids is 1. The van der Waals surface area contributed by atoms with Gasteiger partial charge in [0.15, 0.2) is 9.84 Å². The third kappa shape index (κ3) is 4.06. The summed E-state index contributed by atoms with van der Waals surface area (Å²) in [5, 5.41) is 0.920. The molecule has 1 heterocycles. The Labute approximate surface area is 187 Å². The highest BCUT2D eigenvalue weighted by molar-refractivity contribution is 7.92. The van der Waals surface area contributed by atoms with Crippen LogP contribution in [-0.4, -0.2) is 38.4 Å². The summed E-state index contributed by atoms with van der Waals surface area (Å²) in [5.41, 5.74) is 4.16. The molecule has 166 valence electrons. The summed E-state index contributed by atoms with van der Waals surface area (Å²) in [7, 11) is -2.37. The van der Waals surface area contributed by atoms with Crippen molar-refractivity contribution in [1.29, 1.82) is 0 Å². The minimum absolute atomic E-state index is 0.108. The lowest BCUT2D eigenvalue weighted by atomic mass is 9.93. The predicted octanol–water partition coefficient (Wildman–Crippen LogP) is 3.83. The van der Waals surface area contributed by atoms with E-state index in [1.54, 1.807) is 12.1 Å². The number of sulfone groups is 1. The fourth-order valence-corrected chi connectivity index (χ4v) is 5.68. The van der Waals surface area contributed by atoms with E-state index in [0.29, 0.717) is 5.75 Å². The molecule has 3 aromatic carbocycles. The molecule has 4 rings (SSSR count). The topological polar surface area (TPSA) is 84.9 Å². The Balaban J connectivity index is 1.77. The van der Waals surface area contributed by atoms with Gasteiger partial charge >= 0.3 is 6.03 Å². The maximum absolute atomic E-state index is 13.7. The highest BCUT2D eigenvalue weighted by atomic mass is 32.2. The van der Waals surface area contributed by atoms with E-state index in [-0.39, 0.29) is 24.5 Å². The first-order valence-electron chi connectivity index (χ1n) is 10.1. The van der Waals surface area contributed by atoms with E-state index in [2.05, 4.69) is 12.1 Å². The SMILES string of the molecule is C=CCONC(=O)N1Cc2ccc3ccccc3c2CC1S(=O)(=O)c1ccc(OC)cc1. The average Bonchev–Trinajstić information content (AvgIpc) is 2.83. The third-order valence-corrected chi connectivity index (χ3v) is 7.64. The van der Waals surface area contributed by atoms with Crippen molar-refractivity contribution in [2.45, 2.75) is 23.2 Å². The lowest BCUT2D eigenvalue weighted by Crippen LogP contribution is -2.52. The Kier molecular flexibility index (Phi) is 6.16. The molecular weight excluding hydrogens is 428 g/mol. The number of hydrogen-bond donors (Lipinski definition) is 1. The molecule has 1 N–H and O–H groups in total. The summed E-state index contributed by atoms with van der Waals surface area (Å²) >= 11 is 0. The molecule has 32 heavy (non-hydrogen) atoms. The molecule has 2 amide bonds. The second kappa shape index (κ2) is 9.02. The Hall–Kier alpha value is -3.36. The van der Waals surface area contributed by atoms with Gasteiger partial charge < -0.3 is 9.64 Å². The number of nitrogens with zero attached hydrogens (tertiary/aromatic N) is 1. The van der Waals surface area contributed by atoms with Gasteiger partial charge in [0.25, 0.3) is 0 Å². The summed E-state index contributed by atoms with van der Waals surface area (Å²) in [4.78, 5) is 19.4. The van der Waals surface area contributed by atoms with E-state index in [9.17, 15) is 13.2 Å². The minimum atomic E-state index is -3.89. The van der Waals surface area contributed by atoms with E-state index < -0.39 is 21.2 Å². The van der Waals surface area contributed by atoms with Crippen molar-refractivity contribution in [3.05, 3.63) is 84.4 Å². The zero-order valence-electron chi connectivity index (χ0n) is 17.7. The number of ether oxygens (including phenoxy) is 1. The highest BCUT2D eigenvalue weighted by Gasteiger charge is 2.40. The molecule has 0 radical (unpaired) electrons. The van der Waals surface area contributed by atoms with Crippen LogP contribution in [0.2, 0.25) is 0 Å². The first-order chi connectivity index (χ1) is 15.5. The molecule has 0 aliphatic carbocycles. The Morgan fingerprint density at radius 1 is 1.16 bits per heavy atom. The number of amides is 2. The van der Waals surface area contributed by atoms with Gasteiger partial charge in [-0.1, -0.05) is 42.5 Å². The number of fused-ring (bicyclic) bond motifs is 3. The number of methoxy groups -OCH3 is 1. The van der Waals surface area contributed by atoms with E-state index in [4.69, 9.17) is 9.57 Å². The van der Waals surface area contributed by atoms with Gasteiger partial charge in [0.05, 0.1) is 18.6 Å². The summed E-state index contributed by atoms with van der Waals surface area (Å²) in [5.74, 6) is 0.552. The van der Waals surface area contributed by atoms with Gasteiger partial charge in [-0.25, -0.2) is 18.7 Å². The molecule has 1 aliphatic rings. The molecule has 0 saturated heterocycles. The monoisotopic (exact) mass is 452 g/mol. The molecule has 0 aromatic heterocycles. The number of nitrogens with one attached hydrogen (secondary N) is 1. The van der Waals surface area contributed by atoms with Crippen LogP contribution in [0.4, 0.5) is 4.79 Å². The van der Waals surface area contributed by atoms with Gasteiger partial charge in [-0.2, -0.15) is 0 Å². The average molecular weight is 453 g/mol. The first-order valence-corrected chi connectivity index (χ1v) is 11.7. The molecule has 1 aliphatic heterocycles. The summed E-state index contributed by atoms with van der Waals surface area (Å²) in [6.45, 7) is 3.79. The molecular formula is C24H24N2O5S. The number of benzene rings is 3. The van der Waals surface area contributed by atoms with Crippen molar-refractivity contribution < 1.29 is 22.8 Å². The van der Waals surface area contributed by atoms with Crippen molar-refractivity contribution in [3.8, 4) is 5.75 Å². The number of carbonyl (C=O) groups is 1. The summed E-state index contributed by atoms with van der Waals surface area (Å²) in [6.07, 6.45) is 1.66. The van der Waals surface area contributed by atoms with Gasteiger partial charge in [-0.15, -0.1) is 6.58 Å². The van der Waals surface area contributed by atoms with Crippen LogP contribution >= 0.6 is 0 Å². The van der Waals surface area contributed by atoms with Crippen molar-refractivity contribution >= 4 is 26.6 Å². The maximum atomic E-state index is 13.7. The number of urea groups is 1. The van der Waals surface area contributed by atoms with Gasteiger partial charge in [0.1, 0.15) is 11.1 Å². The Morgan fingerprint density at radius 2 is 1.91 bits per heavy atom. The molecule has 0 fully saturated rings. The van der Waals surface area contributed by atoms with Crippen LogP contribution in [0.15, 0.2) is 78.2 Å². The molecule has 1 unspecified atom stereocenters. The van der Waals surface area contributed by atoms with Crippen LogP contribution in [0.5, 0.6) is 5.75 Å². The third-order valence-electron chi connectivity index (χ3n) is 5.57. The van der Waals surface area contributed by atoms with Gasteiger partial charge in [0, 0.05) is 13.0 Å². The smallest absolute Gasteiger partial charge is 0.342 e. The molecule has 8 heteroatoms. The van der Waals surface area contributed by atoms with Crippen LogP contribution in [0.3, 0.4) is 0 Å². The van der Waals surface area contributed by atoms with Gasteiger partial charge in [0.2, 0.25) is 0 Å². The summed E-state index contributed by atoms with van der Waals surface area (Å²) < 4.78 is 32.5. The fraction of sp³-hybridized carbons (Fsp3) is 0.208. The minimum Gasteiger partial charge on any atom is -0.497 e. The quantitative estimate of drug-likeness (QED) is 0.349. The number of hydroxylamine groups is 1. The van der Waals surface area contributed by atoms with Crippen LogP contribution in [0.1, 0.15) is 11.1 Å². The Morgan fingerprint density at radius 3 is 2.62 bits per heavy atom. The number of hydrogen-bond acceptors (Lipinski definition) is 5. The van der Waals surface area contributed by atoms with E-state index in [1.165, 1.54) is 30.2 Å². The summed E-state index contributed by atoms with van der Waals surface area (Å²) in [6, 6.07) is 17.3. The van der Waals surface area contributed by atoms with Crippen molar-refractivity contribution in [3.63, 3.8) is 0 Å². The van der Waals surface area contributed by atoms with E-state index >= 15 is 0 Å². The lowest BCUT2D eigenvalue weighted by Gasteiger charge is -2.36. The molecule has 7 nitrogen and oxygen atoms in total. The van der Waals surface area contributed by atoms with Gasteiger partial charge in [-0.3, -0.25) is 4.84 Å². The molecule has 0 spiro atoms. The zero-order valence-corrected chi connectivity index (χ0v) is 18.5. The van der Waals surface area contributed by atoms with Gasteiger partial charge in [-0.05, 0) is 46.2 Å². The predicted molar refractivity (Wildman–Crippen MR) is 122 cm³/mol. The van der Waals surface area contributed by atoms with E-state index in [0.717, 1.165) is 21.9 Å². The molecule has 3 aromatic rings. The number of rotatable bonds is 6. The van der Waals surface area contributed by atoms with Crippen LogP contribution in [0, 0.1) is 0 Å². The standard InChI is InChI=1S/C24H24N2O5S/c1-3-14-31-25-24(27)26-16-18-9-8-17-6-4-5-7-21(17)22(18)15-23(26)32(28,29)20-12-10-19(30-2)11-13-20/h3-13,23H,1,14-16H2,2H3,(H,25,27). The van der Waals surface area contributed by atoms with Crippen molar-refractivity contribution in [2.75, 3.05) is 13.7 Å². The highest BCUT2D eigenvalue weighted by Crippen LogP contribution is 2.34. The molecule has 1 atom stereocenters. The zero-order chi connectivity index (χ0) is 22.7. The Bertz CT molecular complexity index is 1260. The largest absolute Gasteiger partial charge is 0.497 e. The second-order valence-electron chi connectivity index (χ2n) is 7.44. The lowest BCUT2D eigenvalue weighted by molar-refractivity contribution is 0.0607. The molecule has 0 bridgehead atoms. The normalized spacial score (nSPS) is 15.8. The second-order valence-corrected chi connectivity index (χ2v) is 9.54. The van der Waals surface area contributed by atoms with Crippen LogP contribution in [0.25, 0.3) is 10.8 Å². The fourth-order valence-electron chi connectivity index (χ4n) is 3.96. The van der Waals surface area contributed by atoms with Crippen LogP contribution in [-0.2, 0) is 27.6 Å². The van der Waals surface area contributed by atoms with Crippen LogP contribution < -0.4 is 10.2 Å². The van der Waals surface area contributed by atoms with Crippen molar-refractivity contribution in [2.24, 2.45) is 0 Å².